The van der Waals surface area contributed by atoms with Crippen LogP contribution in [0.3, 0.4) is 0 Å². The van der Waals surface area contributed by atoms with Crippen molar-refractivity contribution >= 4 is 33.9 Å². The van der Waals surface area contributed by atoms with E-state index in [1.54, 1.807) is 34.7 Å². The molecule has 0 bridgehead atoms. The summed E-state index contributed by atoms with van der Waals surface area (Å²) >= 11 is 1.78. The second-order valence-corrected chi connectivity index (χ2v) is 4.26. The number of nitriles is 2. The first-order valence-electron chi connectivity index (χ1n) is 4.94. The molecular formula is C13H3F2IN2O. The number of carbonyl (C=O) groups is 1. The molecule has 0 atom stereocenters. The predicted molar refractivity (Wildman–Crippen MR) is 70.9 cm³/mol. The third-order valence-electron chi connectivity index (χ3n) is 2.67. The predicted octanol–water partition coefficient (Wildman–Crippen LogP) is 3.28. The molecule has 0 amide bonds. The molecule has 92 valence electrons. The van der Waals surface area contributed by atoms with Gasteiger partial charge in [-0.15, -0.1) is 0 Å². The van der Waals surface area contributed by atoms with Gasteiger partial charge in [-0.1, -0.05) is 22.6 Å². The number of nitrogens with zero attached hydrogens (tertiary/aromatic N) is 2. The van der Waals surface area contributed by atoms with Crippen molar-refractivity contribution in [1.82, 2.24) is 0 Å². The Hall–Kier alpha value is -2.06. The van der Waals surface area contributed by atoms with Crippen LogP contribution in [0, 0.1) is 34.3 Å². The minimum atomic E-state index is -1.14. The summed E-state index contributed by atoms with van der Waals surface area (Å²) in [6.45, 7) is 0. The van der Waals surface area contributed by atoms with E-state index in [0.29, 0.717) is 0 Å². The van der Waals surface area contributed by atoms with Crippen LogP contribution >= 0.6 is 22.6 Å². The van der Waals surface area contributed by atoms with Crippen LogP contribution in [0.2, 0.25) is 0 Å². The van der Waals surface area contributed by atoms with Crippen LogP contribution in [-0.4, -0.2) is 5.78 Å². The monoisotopic (exact) mass is 368 g/mol. The zero-order valence-electron chi connectivity index (χ0n) is 9.17. The number of benzene rings is 1. The number of Topliss-reactive ketones (excluding diaryl/α,β-unsaturated/α-hetero) is 1. The van der Waals surface area contributed by atoms with E-state index < -0.39 is 17.4 Å². The smallest absolute Gasteiger partial charge is 0.194 e. The Morgan fingerprint density at radius 1 is 1.16 bits per heavy atom. The van der Waals surface area contributed by atoms with Crippen LogP contribution in [0.4, 0.5) is 8.78 Å². The van der Waals surface area contributed by atoms with Gasteiger partial charge in [-0.25, -0.2) is 8.78 Å². The Kier molecular flexibility index (Phi) is 3.45. The molecule has 0 saturated carbocycles. The molecule has 0 spiro atoms. The van der Waals surface area contributed by atoms with Crippen LogP contribution in [0.5, 0.6) is 0 Å². The van der Waals surface area contributed by atoms with E-state index in [1.807, 2.05) is 0 Å². The van der Waals surface area contributed by atoms with Crippen molar-refractivity contribution in [2.24, 2.45) is 0 Å². The molecule has 2 rings (SSSR count). The number of ketones is 1. The highest BCUT2D eigenvalue weighted by Gasteiger charge is 2.33. The maximum atomic E-state index is 13.3. The van der Waals surface area contributed by atoms with Gasteiger partial charge in [-0.2, -0.15) is 10.5 Å². The van der Waals surface area contributed by atoms with E-state index in [2.05, 4.69) is 0 Å². The summed E-state index contributed by atoms with van der Waals surface area (Å²) in [5.41, 5.74) is -0.122. The summed E-state index contributed by atoms with van der Waals surface area (Å²) in [5.74, 6) is -2.80. The molecule has 0 radical (unpaired) electrons. The lowest BCUT2D eigenvalue weighted by Gasteiger charge is -2.01. The van der Waals surface area contributed by atoms with Gasteiger partial charge < -0.3 is 0 Å². The largest absolute Gasteiger partial charge is 0.289 e. The zero-order chi connectivity index (χ0) is 14.2. The third kappa shape index (κ3) is 1.94. The van der Waals surface area contributed by atoms with E-state index in [9.17, 15) is 13.6 Å². The quantitative estimate of drug-likeness (QED) is 0.401. The number of hydrogen-bond acceptors (Lipinski definition) is 3. The highest BCUT2D eigenvalue weighted by Crippen LogP contribution is 2.40. The number of fused-ring (bicyclic) bond motifs is 1. The van der Waals surface area contributed by atoms with Crippen molar-refractivity contribution in [3.05, 3.63) is 50.1 Å². The average molecular weight is 368 g/mol. The minimum absolute atomic E-state index is 0.0418. The van der Waals surface area contributed by atoms with E-state index in [-0.39, 0.29) is 27.8 Å². The Labute approximate surface area is 120 Å². The fourth-order valence-corrected chi connectivity index (χ4v) is 2.45. The van der Waals surface area contributed by atoms with Gasteiger partial charge in [0.15, 0.2) is 17.4 Å². The van der Waals surface area contributed by atoms with Gasteiger partial charge in [0.25, 0.3) is 0 Å². The van der Waals surface area contributed by atoms with Gasteiger partial charge in [-0.05, 0) is 21.8 Å². The molecule has 0 N–H and O–H groups in total. The van der Waals surface area contributed by atoms with Crippen molar-refractivity contribution in [1.29, 1.82) is 10.5 Å². The Morgan fingerprint density at radius 3 is 2.16 bits per heavy atom. The van der Waals surface area contributed by atoms with Crippen LogP contribution in [0.1, 0.15) is 15.9 Å². The van der Waals surface area contributed by atoms with E-state index in [1.165, 1.54) is 4.08 Å². The molecule has 1 aromatic rings. The first-order chi connectivity index (χ1) is 9.04. The van der Waals surface area contributed by atoms with Crippen LogP contribution in [0.25, 0.3) is 5.57 Å². The lowest BCUT2D eigenvalue weighted by molar-refractivity contribution is 0.104. The van der Waals surface area contributed by atoms with Crippen molar-refractivity contribution in [2.75, 3.05) is 0 Å². The summed E-state index contributed by atoms with van der Waals surface area (Å²) in [4.78, 5) is 12.0. The molecule has 6 heteroatoms. The van der Waals surface area contributed by atoms with Crippen molar-refractivity contribution in [3.8, 4) is 12.1 Å². The van der Waals surface area contributed by atoms with E-state index >= 15 is 0 Å². The van der Waals surface area contributed by atoms with Crippen LogP contribution < -0.4 is 0 Å². The van der Waals surface area contributed by atoms with E-state index in [0.717, 1.165) is 12.1 Å². The minimum Gasteiger partial charge on any atom is -0.289 e. The lowest BCUT2D eigenvalue weighted by Crippen LogP contribution is -1.96. The van der Waals surface area contributed by atoms with Crippen molar-refractivity contribution in [3.63, 3.8) is 0 Å². The number of rotatable bonds is 0. The number of carbonyl (C=O) groups excluding carboxylic acids is 1. The topological polar surface area (TPSA) is 64.7 Å². The number of hydrogen-bond donors (Lipinski definition) is 0. The average Bonchev–Trinajstić information content (AvgIpc) is 2.65. The van der Waals surface area contributed by atoms with Crippen LogP contribution in [0.15, 0.2) is 27.4 Å². The SMILES string of the molecule is N#CC(C#N)=C1/C(=C\I)C(=O)c2cc(F)c(F)cc21. The summed E-state index contributed by atoms with van der Waals surface area (Å²) < 4.78 is 27.8. The molecule has 1 aromatic carbocycles. The molecule has 0 heterocycles. The molecule has 0 unspecified atom stereocenters. The first kappa shape index (κ1) is 13.4. The highest BCUT2D eigenvalue weighted by molar-refractivity contribution is 14.1. The zero-order valence-corrected chi connectivity index (χ0v) is 11.3. The normalized spacial score (nSPS) is 15.1. The lowest BCUT2D eigenvalue weighted by atomic mass is 10.0. The second kappa shape index (κ2) is 4.90. The summed E-state index contributed by atoms with van der Waals surface area (Å²) in [6, 6.07) is 4.94. The maximum absolute atomic E-state index is 13.3. The maximum Gasteiger partial charge on any atom is 0.194 e. The van der Waals surface area contributed by atoms with Gasteiger partial charge >= 0.3 is 0 Å². The summed E-state index contributed by atoms with van der Waals surface area (Å²) in [5, 5.41) is 17.8. The highest BCUT2D eigenvalue weighted by atomic mass is 127. The Morgan fingerprint density at radius 2 is 1.68 bits per heavy atom. The van der Waals surface area contributed by atoms with Crippen molar-refractivity contribution < 1.29 is 13.6 Å². The Bertz CT molecular complexity index is 735. The second-order valence-electron chi connectivity index (χ2n) is 3.64. The van der Waals surface area contributed by atoms with Gasteiger partial charge in [-0.3, -0.25) is 4.79 Å². The summed E-state index contributed by atoms with van der Waals surface area (Å²) in [7, 11) is 0. The molecule has 1 aliphatic rings. The fraction of sp³-hybridized carbons (Fsp3) is 0. The first-order valence-corrected chi connectivity index (χ1v) is 6.19. The Balaban J connectivity index is 2.91. The van der Waals surface area contributed by atoms with Crippen molar-refractivity contribution in [2.45, 2.75) is 0 Å². The van der Waals surface area contributed by atoms with E-state index in [4.69, 9.17) is 10.5 Å². The van der Waals surface area contributed by atoms with Gasteiger partial charge in [0.05, 0.1) is 0 Å². The third-order valence-corrected chi connectivity index (χ3v) is 3.29. The molecule has 19 heavy (non-hydrogen) atoms. The van der Waals surface area contributed by atoms with Gasteiger partial charge in [0.1, 0.15) is 17.7 Å². The van der Waals surface area contributed by atoms with Gasteiger partial charge in [0, 0.05) is 16.7 Å². The molecule has 0 fully saturated rings. The fourth-order valence-electron chi connectivity index (χ4n) is 1.86. The van der Waals surface area contributed by atoms with Gasteiger partial charge in [0.2, 0.25) is 0 Å². The number of halogens is 3. The number of allylic oxidation sites excluding steroid dienone is 3. The molecule has 1 aliphatic carbocycles. The molecule has 0 aromatic heterocycles. The molecule has 0 saturated heterocycles. The molecule has 0 aliphatic heterocycles. The summed E-state index contributed by atoms with van der Waals surface area (Å²) in [6.07, 6.45) is 0. The molecular weight excluding hydrogens is 365 g/mol. The van der Waals surface area contributed by atoms with Crippen LogP contribution in [-0.2, 0) is 0 Å². The molecule has 3 nitrogen and oxygen atoms in total. The standard InChI is InChI=1S/C13H3F2IN2O/c14-10-1-7-8(2-11(10)15)13(19)9(3-16)12(7)6(4-17)5-18/h1-3H/b9-3+.